The van der Waals surface area contributed by atoms with Gasteiger partial charge in [-0.1, -0.05) is 44.2 Å². The van der Waals surface area contributed by atoms with Crippen LogP contribution in [0, 0.1) is 5.92 Å². The lowest BCUT2D eigenvalue weighted by atomic mass is 10.1. The number of benzene rings is 2. The lowest BCUT2D eigenvalue weighted by Gasteiger charge is -2.12. The van der Waals surface area contributed by atoms with Crippen LogP contribution in [0.2, 0.25) is 0 Å². The molecule has 29 heavy (non-hydrogen) atoms. The highest BCUT2D eigenvalue weighted by atomic mass is 16.5. The first-order chi connectivity index (χ1) is 14.0. The van der Waals surface area contributed by atoms with Gasteiger partial charge in [0.15, 0.2) is 6.61 Å². The Balaban J connectivity index is 1.71. The predicted molar refractivity (Wildman–Crippen MR) is 111 cm³/mol. The number of nitrogens with one attached hydrogen (secondary N) is 3. The summed E-state index contributed by atoms with van der Waals surface area (Å²) in [5.41, 5.74) is 1.53. The van der Waals surface area contributed by atoms with E-state index in [9.17, 15) is 14.4 Å². The first-order valence-corrected chi connectivity index (χ1v) is 9.59. The second-order valence-corrected chi connectivity index (χ2v) is 6.65. The van der Waals surface area contributed by atoms with Crippen molar-refractivity contribution in [1.29, 1.82) is 0 Å². The Morgan fingerprint density at radius 3 is 2.45 bits per heavy atom. The Kier molecular flexibility index (Phi) is 8.69. The summed E-state index contributed by atoms with van der Waals surface area (Å²) in [6.45, 7) is 3.83. The quantitative estimate of drug-likeness (QED) is 0.574. The van der Waals surface area contributed by atoms with E-state index >= 15 is 0 Å². The van der Waals surface area contributed by atoms with Crippen molar-refractivity contribution in [3.63, 3.8) is 0 Å². The van der Waals surface area contributed by atoms with E-state index < -0.39 is 0 Å². The van der Waals surface area contributed by atoms with Gasteiger partial charge in [0.25, 0.3) is 5.91 Å². The Hall–Kier alpha value is -3.35. The molecule has 7 heteroatoms. The molecule has 3 N–H and O–H groups in total. The zero-order valence-corrected chi connectivity index (χ0v) is 16.7. The largest absolute Gasteiger partial charge is 0.484 e. The molecule has 3 amide bonds. The van der Waals surface area contributed by atoms with Gasteiger partial charge in [0.05, 0.1) is 6.54 Å². The van der Waals surface area contributed by atoms with Crippen LogP contribution >= 0.6 is 0 Å². The fourth-order valence-corrected chi connectivity index (χ4v) is 2.37. The highest BCUT2D eigenvalue weighted by molar-refractivity contribution is 5.92. The van der Waals surface area contributed by atoms with Crippen molar-refractivity contribution in [2.45, 2.75) is 26.8 Å². The number of para-hydroxylation sites is 1. The lowest BCUT2D eigenvalue weighted by Crippen LogP contribution is -2.38. The molecule has 2 aromatic carbocycles. The van der Waals surface area contributed by atoms with Crippen molar-refractivity contribution in [3.05, 3.63) is 60.2 Å². The van der Waals surface area contributed by atoms with Crippen LogP contribution in [0.3, 0.4) is 0 Å². The summed E-state index contributed by atoms with van der Waals surface area (Å²) < 4.78 is 5.32. The maximum atomic E-state index is 12.0. The van der Waals surface area contributed by atoms with Crippen LogP contribution in [-0.2, 0) is 20.9 Å². The van der Waals surface area contributed by atoms with E-state index in [1.807, 2.05) is 50.2 Å². The van der Waals surface area contributed by atoms with Crippen molar-refractivity contribution < 1.29 is 19.1 Å². The predicted octanol–water partition coefficient (Wildman–Crippen LogP) is 2.48. The van der Waals surface area contributed by atoms with E-state index in [4.69, 9.17) is 4.74 Å². The molecular weight excluding hydrogens is 370 g/mol. The topological polar surface area (TPSA) is 96.5 Å². The van der Waals surface area contributed by atoms with Crippen LogP contribution in [-0.4, -0.2) is 30.9 Å². The van der Waals surface area contributed by atoms with Crippen LogP contribution in [0.4, 0.5) is 5.69 Å². The number of carbonyl (C=O) groups excluding carboxylic acids is 3. The van der Waals surface area contributed by atoms with Crippen molar-refractivity contribution in [2.24, 2.45) is 5.92 Å². The second-order valence-electron chi connectivity index (χ2n) is 6.65. The average Bonchev–Trinajstić information content (AvgIpc) is 2.75. The molecule has 0 radical (unpaired) electrons. The minimum absolute atomic E-state index is 0.0332. The van der Waals surface area contributed by atoms with Crippen LogP contribution in [0.25, 0.3) is 0 Å². The summed E-state index contributed by atoms with van der Waals surface area (Å²) in [5.74, 6) is -0.194. The molecule has 2 aromatic rings. The molecule has 0 aromatic heterocycles. The van der Waals surface area contributed by atoms with Gasteiger partial charge >= 0.3 is 0 Å². The van der Waals surface area contributed by atoms with E-state index in [0.717, 1.165) is 12.0 Å². The summed E-state index contributed by atoms with van der Waals surface area (Å²) in [6, 6.07) is 16.3. The SMILES string of the molecule is CCC(C)C(=O)Nc1cccc(CNC(=O)CNC(=O)COc2ccccc2)c1. The van der Waals surface area contributed by atoms with Gasteiger partial charge in [-0.05, 0) is 36.2 Å². The molecule has 0 fully saturated rings. The molecule has 2 rings (SSSR count). The van der Waals surface area contributed by atoms with E-state index in [2.05, 4.69) is 16.0 Å². The second kappa shape index (κ2) is 11.5. The maximum Gasteiger partial charge on any atom is 0.258 e. The fourth-order valence-electron chi connectivity index (χ4n) is 2.37. The smallest absolute Gasteiger partial charge is 0.258 e. The third-order valence-corrected chi connectivity index (χ3v) is 4.30. The standard InChI is InChI=1S/C22H27N3O4/c1-3-16(2)22(28)25-18-9-7-8-17(12-18)13-23-20(26)14-24-21(27)15-29-19-10-5-4-6-11-19/h4-12,16H,3,13-15H2,1-2H3,(H,23,26)(H,24,27)(H,25,28). The van der Waals surface area contributed by atoms with Crippen molar-refractivity contribution in [2.75, 3.05) is 18.5 Å². The number of rotatable bonds is 10. The monoisotopic (exact) mass is 397 g/mol. The van der Waals surface area contributed by atoms with Gasteiger partial charge in [0, 0.05) is 18.2 Å². The Morgan fingerprint density at radius 1 is 0.966 bits per heavy atom. The van der Waals surface area contributed by atoms with Gasteiger partial charge < -0.3 is 20.7 Å². The third kappa shape index (κ3) is 8.04. The zero-order valence-electron chi connectivity index (χ0n) is 16.7. The molecule has 154 valence electrons. The van der Waals surface area contributed by atoms with Crippen LogP contribution in [0.15, 0.2) is 54.6 Å². The lowest BCUT2D eigenvalue weighted by molar-refractivity contribution is -0.127. The highest BCUT2D eigenvalue weighted by Crippen LogP contribution is 2.13. The van der Waals surface area contributed by atoms with Crippen LogP contribution in [0.5, 0.6) is 5.75 Å². The summed E-state index contributed by atoms with van der Waals surface area (Å²) in [7, 11) is 0. The minimum atomic E-state index is -0.376. The summed E-state index contributed by atoms with van der Waals surface area (Å²) in [6.07, 6.45) is 0.768. The molecule has 7 nitrogen and oxygen atoms in total. The Morgan fingerprint density at radius 2 is 1.72 bits per heavy atom. The third-order valence-electron chi connectivity index (χ3n) is 4.30. The van der Waals surface area contributed by atoms with Crippen molar-refractivity contribution in [3.8, 4) is 5.75 Å². The first kappa shape index (κ1) is 21.9. The maximum absolute atomic E-state index is 12.0. The molecule has 1 unspecified atom stereocenters. The van der Waals surface area contributed by atoms with Crippen LogP contribution in [0.1, 0.15) is 25.8 Å². The Bertz CT molecular complexity index is 824. The molecule has 0 aliphatic carbocycles. The molecule has 0 aliphatic rings. The van der Waals surface area contributed by atoms with Gasteiger partial charge in [0.2, 0.25) is 11.8 Å². The molecule has 0 saturated carbocycles. The fraction of sp³-hybridized carbons (Fsp3) is 0.318. The van der Waals surface area contributed by atoms with Gasteiger partial charge in [-0.2, -0.15) is 0 Å². The number of amides is 3. The van der Waals surface area contributed by atoms with Gasteiger partial charge in [-0.25, -0.2) is 0 Å². The zero-order chi connectivity index (χ0) is 21.1. The number of carbonyl (C=O) groups is 3. The summed E-state index contributed by atoms with van der Waals surface area (Å²) in [4.78, 5) is 35.7. The first-order valence-electron chi connectivity index (χ1n) is 9.59. The van der Waals surface area contributed by atoms with Crippen LogP contribution < -0.4 is 20.7 Å². The van der Waals surface area contributed by atoms with E-state index in [0.29, 0.717) is 18.0 Å². The molecular formula is C22H27N3O4. The number of ether oxygens (including phenoxy) is 1. The summed E-state index contributed by atoms with van der Waals surface area (Å²) in [5, 5.41) is 8.11. The van der Waals surface area contributed by atoms with Crippen molar-refractivity contribution in [1.82, 2.24) is 10.6 Å². The molecule has 0 heterocycles. The van der Waals surface area contributed by atoms with Gasteiger partial charge in [-0.3, -0.25) is 14.4 Å². The number of hydrogen-bond acceptors (Lipinski definition) is 4. The minimum Gasteiger partial charge on any atom is -0.484 e. The molecule has 1 atom stereocenters. The normalized spacial score (nSPS) is 11.2. The van der Waals surface area contributed by atoms with Gasteiger partial charge in [-0.15, -0.1) is 0 Å². The van der Waals surface area contributed by atoms with E-state index in [1.165, 1.54) is 0 Å². The Labute approximate surface area is 170 Å². The number of hydrogen-bond donors (Lipinski definition) is 3. The average molecular weight is 397 g/mol. The molecule has 0 aliphatic heterocycles. The summed E-state index contributed by atoms with van der Waals surface area (Å²) >= 11 is 0. The number of anilines is 1. The molecule has 0 spiro atoms. The van der Waals surface area contributed by atoms with Crippen molar-refractivity contribution >= 4 is 23.4 Å². The van der Waals surface area contributed by atoms with Gasteiger partial charge in [0.1, 0.15) is 5.75 Å². The van der Waals surface area contributed by atoms with E-state index in [-0.39, 0.29) is 36.8 Å². The molecule has 0 saturated heterocycles. The van der Waals surface area contributed by atoms with E-state index in [1.54, 1.807) is 18.2 Å². The highest BCUT2D eigenvalue weighted by Gasteiger charge is 2.11. The molecule has 0 bridgehead atoms.